The Morgan fingerprint density at radius 1 is 1.32 bits per heavy atom. The Balaban J connectivity index is 2.09. The molecule has 0 saturated heterocycles. The van der Waals surface area contributed by atoms with Gasteiger partial charge in [-0.15, -0.1) is 0 Å². The molecule has 0 aliphatic heterocycles. The highest BCUT2D eigenvalue weighted by molar-refractivity contribution is 9.10. The third-order valence-corrected chi connectivity index (χ3v) is 3.23. The van der Waals surface area contributed by atoms with Crippen molar-refractivity contribution in [3.8, 4) is 5.75 Å². The second kappa shape index (κ2) is 6.17. The maximum absolute atomic E-state index is 12.2. The minimum absolute atomic E-state index is 0.0903. The van der Waals surface area contributed by atoms with Crippen molar-refractivity contribution < 1.29 is 9.53 Å². The molecule has 0 saturated carbocycles. The SMILES string of the molecule is CC(Oc1cncc(Cl)c1)C(=O)c1ccc(Br)cc1. The summed E-state index contributed by atoms with van der Waals surface area (Å²) in [6, 6.07) is 8.77. The van der Waals surface area contributed by atoms with Crippen LogP contribution < -0.4 is 4.74 Å². The molecule has 1 heterocycles. The molecule has 5 heteroatoms. The lowest BCUT2D eigenvalue weighted by Crippen LogP contribution is -2.23. The van der Waals surface area contributed by atoms with Crippen LogP contribution in [0.4, 0.5) is 0 Å². The fourth-order valence-electron chi connectivity index (χ4n) is 1.56. The van der Waals surface area contributed by atoms with Crippen LogP contribution >= 0.6 is 27.5 Å². The molecule has 2 rings (SSSR count). The van der Waals surface area contributed by atoms with Crippen LogP contribution in [0.1, 0.15) is 17.3 Å². The van der Waals surface area contributed by atoms with E-state index in [2.05, 4.69) is 20.9 Å². The molecule has 1 aromatic heterocycles. The van der Waals surface area contributed by atoms with Crippen LogP contribution in [0, 0.1) is 0 Å². The Bertz CT molecular complexity index is 586. The summed E-state index contributed by atoms with van der Waals surface area (Å²) in [6.07, 6.45) is 2.44. The molecular weight excluding hydrogens is 330 g/mol. The summed E-state index contributed by atoms with van der Waals surface area (Å²) in [6.45, 7) is 1.70. The van der Waals surface area contributed by atoms with Crippen LogP contribution in [0.15, 0.2) is 47.2 Å². The van der Waals surface area contributed by atoms with E-state index in [9.17, 15) is 4.79 Å². The largest absolute Gasteiger partial charge is 0.481 e. The quantitative estimate of drug-likeness (QED) is 0.785. The first-order valence-corrected chi connectivity index (χ1v) is 6.80. The zero-order valence-corrected chi connectivity index (χ0v) is 12.5. The van der Waals surface area contributed by atoms with Crippen molar-refractivity contribution >= 4 is 33.3 Å². The number of carbonyl (C=O) groups excluding carboxylic acids is 1. The van der Waals surface area contributed by atoms with Gasteiger partial charge in [-0.05, 0) is 19.1 Å². The molecule has 3 nitrogen and oxygen atoms in total. The topological polar surface area (TPSA) is 39.2 Å². The van der Waals surface area contributed by atoms with Gasteiger partial charge in [0, 0.05) is 22.3 Å². The minimum atomic E-state index is -0.596. The smallest absolute Gasteiger partial charge is 0.202 e. The van der Waals surface area contributed by atoms with Crippen molar-refractivity contribution in [2.45, 2.75) is 13.0 Å². The number of rotatable bonds is 4. The highest BCUT2D eigenvalue weighted by Crippen LogP contribution is 2.18. The minimum Gasteiger partial charge on any atom is -0.481 e. The van der Waals surface area contributed by atoms with Crippen molar-refractivity contribution in [1.29, 1.82) is 0 Å². The van der Waals surface area contributed by atoms with E-state index in [0.717, 1.165) is 4.47 Å². The molecule has 0 radical (unpaired) electrons. The van der Waals surface area contributed by atoms with Gasteiger partial charge in [0.15, 0.2) is 6.10 Å². The first kappa shape index (κ1) is 14.0. The van der Waals surface area contributed by atoms with Gasteiger partial charge in [-0.2, -0.15) is 0 Å². The molecule has 0 amide bonds. The van der Waals surface area contributed by atoms with Gasteiger partial charge in [0.2, 0.25) is 5.78 Å². The second-order valence-electron chi connectivity index (χ2n) is 3.97. The second-order valence-corrected chi connectivity index (χ2v) is 5.32. The summed E-state index contributed by atoms with van der Waals surface area (Å²) in [5.74, 6) is 0.387. The molecule has 2 aromatic rings. The van der Waals surface area contributed by atoms with Gasteiger partial charge in [-0.25, -0.2) is 0 Å². The number of nitrogens with zero attached hydrogens (tertiary/aromatic N) is 1. The van der Waals surface area contributed by atoms with Crippen molar-refractivity contribution in [3.05, 3.63) is 57.8 Å². The molecule has 98 valence electrons. The van der Waals surface area contributed by atoms with Gasteiger partial charge in [0.25, 0.3) is 0 Å². The summed E-state index contributed by atoms with van der Waals surface area (Å²) in [4.78, 5) is 16.1. The third-order valence-electron chi connectivity index (χ3n) is 2.49. The van der Waals surface area contributed by atoms with Gasteiger partial charge < -0.3 is 4.74 Å². The molecule has 0 bridgehead atoms. The van der Waals surface area contributed by atoms with E-state index in [4.69, 9.17) is 16.3 Å². The number of halogens is 2. The number of aromatic nitrogens is 1. The Morgan fingerprint density at radius 2 is 2.00 bits per heavy atom. The molecular formula is C14H11BrClNO2. The first-order chi connectivity index (χ1) is 9.06. The van der Waals surface area contributed by atoms with Crippen molar-refractivity contribution in [2.24, 2.45) is 0 Å². The molecule has 1 unspecified atom stereocenters. The zero-order chi connectivity index (χ0) is 13.8. The van der Waals surface area contributed by atoms with E-state index in [1.807, 2.05) is 12.1 Å². The van der Waals surface area contributed by atoms with E-state index in [1.54, 1.807) is 25.1 Å². The fourth-order valence-corrected chi connectivity index (χ4v) is 1.99. The van der Waals surface area contributed by atoms with E-state index in [1.165, 1.54) is 12.4 Å². The van der Waals surface area contributed by atoms with Gasteiger partial charge in [0.1, 0.15) is 5.75 Å². The Morgan fingerprint density at radius 3 is 2.63 bits per heavy atom. The van der Waals surface area contributed by atoms with Gasteiger partial charge in [-0.1, -0.05) is 39.7 Å². The predicted octanol–water partition coefficient (Wildman–Crippen LogP) is 4.15. The molecule has 0 N–H and O–H groups in total. The summed E-state index contributed by atoms with van der Waals surface area (Å²) in [5, 5.41) is 0.473. The summed E-state index contributed by atoms with van der Waals surface area (Å²) >= 11 is 9.14. The van der Waals surface area contributed by atoms with Crippen molar-refractivity contribution in [1.82, 2.24) is 4.98 Å². The standard InChI is InChI=1S/C14H11BrClNO2/c1-9(19-13-6-12(16)7-17-8-13)14(18)10-2-4-11(15)5-3-10/h2-9H,1H3. The lowest BCUT2D eigenvalue weighted by atomic mass is 10.1. The number of pyridine rings is 1. The number of ketones is 1. The molecule has 1 aromatic carbocycles. The normalized spacial score (nSPS) is 11.9. The number of ether oxygens (including phenoxy) is 1. The average molecular weight is 341 g/mol. The maximum Gasteiger partial charge on any atom is 0.202 e. The van der Waals surface area contributed by atoms with E-state index in [0.29, 0.717) is 16.3 Å². The number of carbonyl (C=O) groups is 1. The molecule has 0 aliphatic rings. The lowest BCUT2D eigenvalue weighted by molar-refractivity contribution is 0.0817. The third kappa shape index (κ3) is 3.78. The van der Waals surface area contributed by atoms with Gasteiger partial charge >= 0.3 is 0 Å². The zero-order valence-electron chi connectivity index (χ0n) is 10.1. The van der Waals surface area contributed by atoms with Crippen LogP contribution in [0.3, 0.4) is 0 Å². The van der Waals surface area contributed by atoms with Crippen LogP contribution in [-0.4, -0.2) is 16.9 Å². The van der Waals surface area contributed by atoms with Crippen molar-refractivity contribution in [2.75, 3.05) is 0 Å². The Hall–Kier alpha value is -1.39. The monoisotopic (exact) mass is 339 g/mol. The Kier molecular flexibility index (Phi) is 4.56. The van der Waals surface area contributed by atoms with E-state index in [-0.39, 0.29) is 5.78 Å². The molecule has 0 aliphatic carbocycles. The predicted molar refractivity (Wildman–Crippen MR) is 77.8 cm³/mol. The maximum atomic E-state index is 12.2. The molecule has 0 spiro atoms. The van der Waals surface area contributed by atoms with Crippen LogP contribution in [0.2, 0.25) is 5.02 Å². The summed E-state index contributed by atoms with van der Waals surface area (Å²) in [5.41, 5.74) is 0.602. The number of benzene rings is 1. The van der Waals surface area contributed by atoms with Crippen LogP contribution in [0.5, 0.6) is 5.75 Å². The van der Waals surface area contributed by atoms with E-state index < -0.39 is 6.10 Å². The molecule has 19 heavy (non-hydrogen) atoms. The number of hydrogen-bond donors (Lipinski definition) is 0. The highest BCUT2D eigenvalue weighted by Gasteiger charge is 2.17. The molecule has 1 atom stereocenters. The molecule has 0 fully saturated rings. The van der Waals surface area contributed by atoms with Gasteiger partial charge in [0.05, 0.1) is 11.2 Å². The van der Waals surface area contributed by atoms with E-state index >= 15 is 0 Å². The highest BCUT2D eigenvalue weighted by atomic mass is 79.9. The summed E-state index contributed by atoms with van der Waals surface area (Å²) < 4.78 is 6.46. The van der Waals surface area contributed by atoms with Crippen LogP contribution in [-0.2, 0) is 0 Å². The summed E-state index contributed by atoms with van der Waals surface area (Å²) in [7, 11) is 0. The fraction of sp³-hybridized carbons (Fsp3) is 0.143. The Labute approximate surface area is 124 Å². The first-order valence-electron chi connectivity index (χ1n) is 5.63. The number of hydrogen-bond acceptors (Lipinski definition) is 3. The average Bonchev–Trinajstić information content (AvgIpc) is 2.39. The lowest BCUT2D eigenvalue weighted by Gasteiger charge is -2.13. The number of Topliss-reactive ketones (excluding diaryl/α,β-unsaturated/α-hetero) is 1. The van der Waals surface area contributed by atoms with Crippen LogP contribution in [0.25, 0.3) is 0 Å². The van der Waals surface area contributed by atoms with Gasteiger partial charge in [-0.3, -0.25) is 9.78 Å². The van der Waals surface area contributed by atoms with Crippen molar-refractivity contribution in [3.63, 3.8) is 0 Å².